The molecular formula is C24H28N4O2S. The number of benzene rings is 1. The van der Waals surface area contributed by atoms with Crippen LogP contribution in [-0.4, -0.2) is 28.9 Å². The fraction of sp³-hybridized carbons (Fsp3) is 0.333. The van der Waals surface area contributed by atoms with Crippen molar-refractivity contribution in [3.63, 3.8) is 0 Å². The highest BCUT2D eigenvalue weighted by atomic mass is 32.1. The van der Waals surface area contributed by atoms with Crippen molar-refractivity contribution in [3.05, 3.63) is 71.3 Å². The van der Waals surface area contributed by atoms with Crippen molar-refractivity contribution in [1.82, 2.24) is 14.9 Å². The zero-order chi connectivity index (χ0) is 22.1. The molecule has 1 saturated heterocycles. The molecule has 3 aromatic rings. The maximum absolute atomic E-state index is 5.86. The first-order valence-electron chi connectivity index (χ1n) is 10.4. The first-order chi connectivity index (χ1) is 15.0. The molecule has 1 aromatic carbocycles. The Labute approximate surface area is 188 Å². The summed E-state index contributed by atoms with van der Waals surface area (Å²) in [6.07, 6.45) is 1.82. The average Bonchev–Trinajstić information content (AvgIpc) is 3.28. The molecule has 162 valence electrons. The summed E-state index contributed by atoms with van der Waals surface area (Å²) in [6, 6.07) is 13.8. The minimum absolute atomic E-state index is 0.0880. The highest BCUT2D eigenvalue weighted by molar-refractivity contribution is 7.80. The Morgan fingerprint density at radius 2 is 1.90 bits per heavy atom. The number of ether oxygens (including phenoxy) is 2. The number of anilines is 1. The number of hydrogen-bond acceptors (Lipinski definition) is 4. The predicted molar refractivity (Wildman–Crippen MR) is 127 cm³/mol. The first kappa shape index (κ1) is 21.2. The van der Waals surface area contributed by atoms with Crippen LogP contribution in [0.5, 0.6) is 11.5 Å². The molecule has 2 atom stereocenters. The summed E-state index contributed by atoms with van der Waals surface area (Å²) in [5.41, 5.74) is 5.48. The number of nitrogens with zero attached hydrogens (tertiary/aromatic N) is 3. The third kappa shape index (κ3) is 3.63. The van der Waals surface area contributed by atoms with Crippen molar-refractivity contribution in [2.75, 3.05) is 19.1 Å². The van der Waals surface area contributed by atoms with Crippen LogP contribution >= 0.6 is 12.2 Å². The number of thiocarbonyl (C=S) groups is 1. The van der Waals surface area contributed by atoms with Gasteiger partial charge in [0.25, 0.3) is 0 Å². The molecule has 1 aliphatic rings. The summed E-state index contributed by atoms with van der Waals surface area (Å²) < 4.78 is 13.5. The molecular weight excluding hydrogens is 408 g/mol. The summed E-state index contributed by atoms with van der Waals surface area (Å²) in [6.45, 7) is 7.40. The Balaban J connectivity index is 1.93. The normalized spacial score (nSPS) is 18.2. The zero-order valence-electron chi connectivity index (χ0n) is 18.5. The molecule has 1 N–H and O–H groups in total. The fourth-order valence-corrected chi connectivity index (χ4v) is 4.87. The van der Waals surface area contributed by atoms with Gasteiger partial charge in [-0.25, -0.2) is 0 Å². The topological polar surface area (TPSA) is 51.6 Å². The van der Waals surface area contributed by atoms with E-state index in [1.165, 1.54) is 17.0 Å². The number of hydrogen-bond donors (Lipinski definition) is 1. The van der Waals surface area contributed by atoms with Gasteiger partial charge in [0, 0.05) is 30.2 Å². The lowest BCUT2D eigenvalue weighted by atomic mass is 9.96. The smallest absolute Gasteiger partial charge is 0.174 e. The standard InChI is InChI=1S/C24H28N4O2S/c1-6-27-15(2)13-18(16(27)3)23-22(19-9-7-8-12-25-19)26-24(31)28(23)20-14-17(29-4)10-11-21(20)30-5/h7-14,22-23H,6H2,1-5H3,(H,26,31)/t22-,23-/m0/s1. The monoisotopic (exact) mass is 436 g/mol. The van der Waals surface area contributed by atoms with Crippen molar-refractivity contribution in [3.8, 4) is 11.5 Å². The van der Waals surface area contributed by atoms with Crippen LogP contribution in [0.3, 0.4) is 0 Å². The number of nitrogens with one attached hydrogen (secondary N) is 1. The minimum atomic E-state index is -0.101. The van der Waals surface area contributed by atoms with Gasteiger partial charge < -0.3 is 24.3 Å². The van der Waals surface area contributed by atoms with E-state index in [2.05, 4.69) is 46.6 Å². The maximum atomic E-state index is 5.86. The summed E-state index contributed by atoms with van der Waals surface area (Å²) in [5.74, 6) is 1.48. The van der Waals surface area contributed by atoms with E-state index in [0.717, 1.165) is 29.4 Å². The SMILES string of the molecule is CCn1c(C)cc([C@H]2[C@H](c3ccccn3)NC(=S)N2c2cc(OC)ccc2OC)c1C. The maximum Gasteiger partial charge on any atom is 0.174 e. The Morgan fingerprint density at radius 3 is 2.52 bits per heavy atom. The van der Waals surface area contributed by atoms with Gasteiger partial charge in [0.1, 0.15) is 11.5 Å². The molecule has 0 radical (unpaired) electrons. The molecule has 7 heteroatoms. The fourth-order valence-electron chi connectivity index (χ4n) is 4.53. The van der Waals surface area contributed by atoms with E-state index in [4.69, 9.17) is 21.7 Å². The molecule has 6 nitrogen and oxygen atoms in total. The van der Waals surface area contributed by atoms with Crippen molar-refractivity contribution in [2.24, 2.45) is 0 Å². The Bertz CT molecular complexity index is 1100. The van der Waals surface area contributed by atoms with Gasteiger partial charge in [-0.2, -0.15) is 0 Å². The molecule has 2 aromatic heterocycles. The van der Waals surface area contributed by atoms with Gasteiger partial charge in [0.05, 0.1) is 37.7 Å². The van der Waals surface area contributed by atoms with Crippen LogP contribution in [-0.2, 0) is 6.54 Å². The minimum Gasteiger partial charge on any atom is -0.497 e. The summed E-state index contributed by atoms with van der Waals surface area (Å²) in [4.78, 5) is 6.78. The molecule has 1 aliphatic heterocycles. The van der Waals surface area contributed by atoms with Gasteiger partial charge in [-0.3, -0.25) is 4.98 Å². The van der Waals surface area contributed by atoms with E-state index in [1.54, 1.807) is 14.2 Å². The van der Waals surface area contributed by atoms with Gasteiger partial charge in [0.2, 0.25) is 0 Å². The Kier molecular flexibility index (Phi) is 5.87. The highest BCUT2D eigenvalue weighted by Crippen LogP contribution is 2.46. The molecule has 1 fully saturated rings. The van der Waals surface area contributed by atoms with Gasteiger partial charge in [0.15, 0.2) is 5.11 Å². The van der Waals surface area contributed by atoms with E-state index in [9.17, 15) is 0 Å². The number of aromatic nitrogens is 2. The third-order valence-corrected chi connectivity index (χ3v) is 6.31. The molecule has 0 unspecified atom stereocenters. The summed E-state index contributed by atoms with van der Waals surface area (Å²) in [7, 11) is 3.33. The largest absolute Gasteiger partial charge is 0.497 e. The van der Waals surface area contributed by atoms with Gasteiger partial charge in [-0.15, -0.1) is 0 Å². The molecule has 0 spiro atoms. The van der Waals surface area contributed by atoms with Crippen LogP contribution in [0.25, 0.3) is 0 Å². The second kappa shape index (κ2) is 8.59. The predicted octanol–water partition coefficient (Wildman–Crippen LogP) is 4.71. The lowest BCUT2D eigenvalue weighted by Gasteiger charge is -2.29. The van der Waals surface area contributed by atoms with Crippen LogP contribution in [0.1, 0.15) is 41.7 Å². The molecule has 4 rings (SSSR count). The lowest BCUT2D eigenvalue weighted by molar-refractivity contribution is 0.403. The lowest BCUT2D eigenvalue weighted by Crippen LogP contribution is -2.30. The highest BCUT2D eigenvalue weighted by Gasteiger charge is 2.43. The Hall–Kier alpha value is -3.06. The van der Waals surface area contributed by atoms with E-state index in [0.29, 0.717) is 5.11 Å². The van der Waals surface area contributed by atoms with Crippen molar-refractivity contribution < 1.29 is 9.47 Å². The summed E-state index contributed by atoms with van der Waals surface area (Å²) in [5, 5.41) is 4.15. The molecule has 0 saturated carbocycles. The second-order valence-corrected chi connectivity index (χ2v) is 7.99. The van der Waals surface area contributed by atoms with Gasteiger partial charge in [-0.1, -0.05) is 6.07 Å². The summed E-state index contributed by atoms with van der Waals surface area (Å²) >= 11 is 5.86. The molecule has 31 heavy (non-hydrogen) atoms. The zero-order valence-corrected chi connectivity index (χ0v) is 19.4. The molecule has 0 amide bonds. The number of pyridine rings is 1. The quantitative estimate of drug-likeness (QED) is 0.565. The van der Waals surface area contributed by atoms with Crippen LogP contribution in [0, 0.1) is 13.8 Å². The second-order valence-electron chi connectivity index (χ2n) is 7.61. The van der Waals surface area contributed by atoms with Crippen LogP contribution in [0.15, 0.2) is 48.7 Å². The van der Waals surface area contributed by atoms with E-state index in [1.807, 2.05) is 42.6 Å². The van der Waals surface area contributed by atoms with Gasteiger partial charge >= 0.3 is 0 Å². The van der Waals surface area contributed by atoms with Crippen molar-refractivity contribution >= 4 is 23.0 Å². The number of aryl methyl sites for hydroxylation is 1. The molecule has 3 heterocycles. The van der Waals surface area contributed by atoms with Crippen LogP contribution in [0.4, 0.5) is 5.69 Å². The van der Waals surface area contributed by atoms with E-state index < -0.39 is 0 Å². The third-order valence-electron chi connectivity index (χ3n) is 5.99. The van der Waals surface area contributed by atoms with E-state index in [-0.39, 0.29) is 12.1 Å². The molecule has 0 aliphatic carbocycles. The van der Waals surface area contributed by atoms with Crippen molar-refractivity contribution in [1.29, 1.82) is 0 Å². The first-order valence-corrected chi connectivity index (χ1v) is 10.8. The van der Waals surface area contributed by atoms with E-state index >= 15 is 0 Å². The van der Waals surface area contributed by atoms with Gasteiger partial charge in [-0.05, 0) is 68.9 Å². The number of rotatable bonds is 6. The number of methoxy groups -OCH3 is 2. The van der Waals surface area contributed by atoms with Crippen molar-refractivity contribution in [2.45, 2.75) is 39.4 Å². The van der Waals surface area contributed by atoms with Crippen LogP contribution < -0.4 is 19.7 Å². The Morgan fingerprint density at radius 1 is 1.10 bits per heavy atom. The molecule has 0 bridgehead atoms. The van der Waals surface area contributed by atoms with Crippen LogP contribution in [0.2, 0.25) is 0 Å². The average molecular weight is 437 g/mol.